The number of aromatic nitrogens is 2. The average molecular weight is 282 g/mol. The Balaban J connectivity index is 2.17. The maximum absolute atomic E-state index is 11.2. The lowest BCUT2D eigenvalue weighted by atomic mass is 9.82. The van der Waals surface area contributed by atoms with Gasteiger partial charge in [0.2, 0.25) is 5.82 Å². The van der Waals surface area contributed by atoms with E-state index < -0.39 is 0 Å². The van der Waals surface area contributed by atoms with E-state index in [4.69, 9.17) is 4.74 Å². The number of nitrogens with zero attached hydrogens (tertiary/aromatic N) is 3. The van der Waals surface area contributed by atoms with Gasteiger partial charge in [-0.05, 0) is 32.1 Å². The second-order valence-corrected chi connectivity index (χ2v) is 5.63. The second kappa shape index (κ2) is 5.78. The zero-order valence-electron chi connectivity index (χ0n) is 12.3. The van der Waals surface area contributed by atoms with Gasteiger partial charge in [-0.1, -0.05) is 6.92 Å². The van der Waals surface area contributed by atoms with E-state index >= 15 is 0 Å². The number of aryl methyl sites for hydroxylation is 2. The summed E-state index contributed by atoms with van der Waals surface area (Å²) >= 11 is 0. The Morgan fingerprint density at radius 2 is 2.15 bits per heavy atom. The van der Waals surface area contributed by atoms with E-state index in [9.17, 15) is 10.1 Å². The lowest BCUT2D eigenvalue weighted by Crippen LogP contribution is -2.33. The molecule has 1 aliphatic rings. The molecular weight excluding hydrogens is 260 g/mol. The number of anilines is 1. The van der Waals surface area contributed by atoms with Crippen molar-refractivity contribution in [3.05, 3.63) is 15.8 Å². The molecule has 2 rings (SSSR count). The van der Waals surface area contributed by atoms with E-state index in [0.29, 0.717) is 24.6 Å². The van der Waals surface area contributed by atoms with Gasteiger partial charge in [-0.2, -0.15) is 5.10 Å². The topological polar surface area (TPSA) is 82.2 Å². The van der Waals surface area contributed by atoms with Gasteiger partial charge in [-0.25, -0.2) is 4.68 Å². The normalized spacial score (nSPS) is 17.9. The van der Waals surface area contributed by atoms with Crippen LogP contribution in [0.2, 0.25) is 0 Å². The van der Waals surface area contributed by atoms with Crippen LogP contribution in [-0.4, -0.2) is 34.5 Å². The van der Waals surface area contributed by atoms with Crippen molar-refractivity contribution < 1.29 is 9.66 Å². The summed E-state index contributed by atoms with van der Waals surface area (Å²) in [6, 6.07) is 0. The molecule has 1 aromatic heterocycles. The van der Waals surface area contributed by atoms with Crippen LogP contribution in [0.1, 0.15) is 32.4 Å². The van der Waals surface area contributed by atoms with Gasteiger partial charge in [0.15, 0.2) is 0 Å². The highest BCUT2D eigenvalue weighted by atomic mass is 16.6. The fraction of sp³-hybridized carbons (Fsp3) is 0.769. The SMILES string of the molecule is CCn1nc(C)c([N+](=O)[O-])c1NCC1(C)CCOCC1. The van der Waals surface area contributed by atoms with Crippen LogP contribution in [-0.2, 0) is 11.3 Å². The van der Waals surface area contributed by atoms with Gasteiger partial charge >= 0.3 is 5.69 Å². The molecule has 1 saturated heterocycles. The van der Waals surface area contributed by atoms with Crippen molar-refractivity contribution in [2.24, 2.45) is 5.41 Å². The summed E-state index contributed by atoms with van der Waals surface area (Å²) in [6.45, 7) is 8.61. The van der Waals surface area contributed by atoms with Gasteiger partial charge < -0.3 is 10.1 Å². The van der Waals surface area contributed by atoms with E-state index in [1.807, 2.05) is 6.92 Å². The summed E-state index contributed by atoms with van der Waals surface area (Å²) in [7, 11) is 0. The summed E-state index contributed by atoms with van der Waals surface area (Å²) in [5.41, 5.74) is 0.655. The van der Waals surface area contributed by atoms with Crippen molar-refractivity contribution >= 4 is 11.5 Å². The molecule has 1 aliphatic heterocycles. The minimum absolute atomic E-state index is 0.0857. The summed E-state index contributed by atoms with van der Waals surface area (Å²) in [5, 5.41) is 18.7. The Hall–Kier alpha value is -1.63. The molecule has 1 fully saturated rings. The predicted molar refractivity (Wildman–Crippen MR) is 75.9 cm³/mol. The molecule has 1 N–H and O–H groups in total. The Morgan fingerprint density at radius 1 is 1.50 bits per heavy atom. The van der Waals surface area contributed by atoms with Crippen LogP contribution in [0.25, 0.3) is 0 Å². The molecule has 0 spiro atoms. The molecule has 0 aromatic carbocycles. The maximum Gasteiger partial charge on any atom is 0.333 e. The van der Waals surface area contributed by atoms with E-state index in [2.05, 4.69) is 17.3 Å². The summed E-state index contributed by atoms with van der Waals surface area (Å²) in [5.74, 6) is 0.516. The molecule has 2 heterocycles. The molecular formula is C13H22N4O3. The Labute approximate surface area is 118 Å². The zero-order valence-corrected chi connectivity index (χ0v) is 12.3. The molecule has 0 aliphatic carbocycles. The fourth-order valence-electron chi connectivity index (χ4n) is 2.53. The first-order valence-electron chi connectivity index (χ1n) is 7.00. The summed E-state index contributed by atoms with van der Waals surface area (Å²) < 4.78 is 7.04. The van der Waals surface area contributed by atoms with Gasteiger partial charge in [-0.15, -0.1) is 0 Å². The lowest BCUT2D eigenvalue weighted by molar-refractivity contribution is -0.384. The molecule has 0 atom stereocenters. The molecule has 7 nitrogen and oxygen atoms in total. The van der Waals surface area contributed by atoms with Gasteiger partial charge in [0.05, 0.1) is 4.92 Å². The largest absolute Gasteiger partial charge is 0.381 e. The average Bonchev–Trinajstić information content (AvgIpc) is 2.73. The molecule has 7 heteroatoms. The third kappa shape index (κ3) is 2.92. The van der Waals surface area contributed by atoms with Crippen LogP contribution in [0, 0.1) is 22.5 Å². The first-order chi connectivity index (χ1) is 9.47. The predicted octanol–water partition coefficient (Wildman–Crippen LogP) is 2.35. The highest BCUT2D eigenvalue weighted by Gasteiger charge is 2.30. The van der Waals surface area contributed by atoms with E-state index in [1.54, 1.807) is 11.6 Å². The van der Waals surface area contributed by atoms with Crippen molar-refractivity contribution in [1.29, 1.82) is 0 Å². The monoisotopic (exact) mass is 282 g/mol. The van der Waals surface area contributed by atoms with Crippen LogP contribution in [0.3, 0.4) is 0 Å². The molecule has 0 radical (unpaired) electrons. The van der Waals surface area contributed by atoms with Crippen molar-refractivity contribution in [3.8, 4) is 0 Å². The number of rotatable bonds is 5. The molecule has 0 amide bonds. The van der Waals surface area contributed by atoms with Crippen molar-refractivity contribution in [2.75, 3.05) is 25.1 Å². The van der Waals surface area contributed by atoms with Crippen molar-refractivity contribution in [3.63, 3.8) is 0 Å². The van der Waals surface area contributed by atoms with Crippen molar-refractivity contribution in [2.45, 2.75) is 40.2 Å². The number of ether oxygens (including phenoxy) is 1. The lowest BCUT2D eigenvalue weighted by Gasteiger charge is -2.33. The number of nitro groups is 1. The van der Waals surface area contributed by atoms with E-state index in [-0.39, 0.29) is 16.0 Å². The minimum atomic E-state index is -0.358. The molecule has 20 heavy (non-hydrogen) atoms. The van der Waals surface area contributed by atoms with Crippen LogP contribution < -0.4 is 5.32 Å². The van der Waals surface area contributed by atoms with E-state index in [0.717, 1.165) is 26.1 Å². The van der Waals surface area contributed by atoms with Crippen molar-refractivity contribution in [1.82, 2.24) is 9.78 Å². The number of nitrogens with one attached hydrogen (secondary N) is 1. The van der Waals surface area contributed by atoms with Crippen LogP contribution in [0.4, 0.5) is 11.5 Å². The smallest absolute Gasteiger partial charge is 0.333 e. The number of hydrogen-bond donors (Lipinski definition) is 1. The quantitative estimate of drug-likeness (QED) is 0.662. The Kier molecular flexibility index (Phi) is 4.27. The van der Waals surface area contributed by atoms with Gasteiger partial charge in [-0.3, -0.25) is 10.1 Å². The second-order valence-electron chi connectivity index (χ2n) is 5.63. The third-order valence-electron chi connectivity index (χ3n) is 3.96. The Bertz CT molecular complexity index is 492. The first kappa shape index (κ1) is 14.8. The van der Waals surface area contributed by atoms with E-state index in [1.165, 1.54) is 0 Å². The molecule has 0 unspecified atom stereocenters. The standard InChI is InChI=1S/C13H22N4O3/c1-4-16-12(11(17(18)19)10(2)15-16)14-9-13(3)5-7-20-8-6-13/h14H,4-9H2,1-3H3. The highest BCUT2D eigenvalue weighted by Crippen LogP contribution is 2.33. The Morgan fingerprint density at radius 3 is 2.70 bits per heavy atom. The molecule has 1 aromatic rings. The number of hydrogen-bond acceptors (Lipinski definition) is 5. The van der Waals surface area contributed by atoms with Gasteiger partial charge in [0, 0.05) is 26.3 Å². The summed E-state index contributed by atoms with van der Waals surface area (Å²) in [4.78, 5) is 10.8. The zero-order chi connectivity index (χ0) is 14.8. The van der Waals surface area contributed by atoms with Gasteiger partial charge in [0.1, 0.15) is 5.69 Å². The molecule has 112 valence electrons. The minimum Gasteiger partial charge on any atom is -0.381 e. The first-order valence-corrected chi connectivity index (χ1v) is 7.00. The third-order valence-corrected chi connectivity index (χ3v) is 3.96. The maximum atomic E-state index is 11.2. The van der Waals surface area contributed by atoms with Crippen LogP contribution in [0.15, 0.2) is 0 Å². The molecule has 0 saturated carbocycles. The van der Waals surface area contributed by atoms with Gasteiger partial charge in [0.25, 0.3) is 0 Å². The van der Waals surface area contributed by atoms with Crippen LogP contribution >= 0.6 is 0 Å². The highest BCUT2D eigenvalue weighted by molar-refractivity contribution is 5.59. The molecule has 0 bridgehead atoms. The van der Waals surface area contributed by atoms with Crippen LogP contribution in [0.5, 0.6) is 0 Å². The fourth-order valence-corrected chi connectivity index (χ4v) is 2.53. The summed E-state index contributed by atoms with van der Waals surface area (Å²) in [6.07, 6.45) is 1.93.